The van der Waals surface area contributed by atoms with Crippen molar-refractivity contribution in [3.8, 4) is 17.4 Å². The lowest BCUT2D eigenvalue weighted by atomic mass is 9.97. The van der Waals surface area contributed by atoms with Crippen molar-refractivity contribution in [2.24, 2.45) is 5.92 Å². The Hall–Kier alpha value is -2.16. The van der Waals surface area contributed by atoms with Crippen LogP contribution in [0.2, 0.25) is 0 Å². The number of aromatic nitrogens is 3. The molecule has 2 aromatic rings. The van der Waals surface area contributed by atoms with Gasteiger partial charge in [0.2, 0.25) is 11.8 Å². The van der Waals surface area contributed by atoms with Crippen molar-refractivity contribution in [3.05, 3.63) is 29.1 Å². The van der Waals surface area contributed by atoms with Crippen molar-refractivity contribution in [2.45, 2.75) is 52.1 Å². The molecule has 32 heavy (non-hydrogen) atoms. The average Bonchev–Trinajstić information content (AvgIpc) is 2.91. The van der Waals surface area contributed by atoms with E-state index in [1.807, 2.05) is 31.5 Å². The number of β-amino-alcohol motifs (C(OH)–C–C–N with tert-alkyl or cyclic N) is 1. The molecule has 2 aliphatic heterocycles. The third-order valence-corrected chi connectivity index (χ3v) is 6.16. The minimum absolute atomic E-state index is 0.429. The molecule has 0 amide bonds. The molecule has 1 fully saturated rings. The highest BCUT2D eigenvalue weighted by Gasteiger charge is 2.27. The number of rotatable bonds is 7. The van der Waals surface area contributed by atoms with E-state index in [1.165, 1.54) is 0 Å². The van der Waals surface area contributed by atoms with E-state index >= 15 is 0 Å². The predicted octanol–water partition coefficient (Wildman–Crippen LogP) is 2.56. The standard InChI is InChI=1S/C24H36N4O4/c1-17-12-19(13-25-22(17)30-4)28-21-8-11-31-10-7-20(21)23(26-28)32-15-18-6-5-9-27(14-18)16-24(2,3)29/h12-13,18,29H,5-11,14-16H2,1-4H3/t18-/m0/s1. The van der Waals surface area contributed by atoms with Gasteiger partial charge in [0, 0.05) is 43.0 Å². The maximum absolute atomic E-state index is 10.2. The van der Waals surface area contributed by atoms with Gasteiger partial charge in [-0.1, -0.05) is 0 Å². The van der Waals surface area contributed by atoms with Crippen LogP contribution in [0.1, 0.15) is 43.5 Å². The van der Waals surface area contributed by atoms with Crippen LogP contribution in [-0.4, -0.2) is 76.9 Å². The molecule has 176 valence electrons. The number of fused-ring (bicyclic) bond motifs is 1. The summed E-state index contributed by atoms with van der Waals surface area (Å²) in [6.45, 7) is 10.4. The van der Waals surface area contributed by atoms with E-state index in [2.05, 4.69) is 9.88 Å². The Morgan fingerprint density at radius 1 is 1.25 bits per heavy atom. The number of pyridine rings is 1. The van der Waals surface area contributed by atoms with E-state index < -0.39 is 5.60 Å². The normalized spacial score (nSPS) is 20.0. The molecule has 0 bridgehead atoms. The van der Waals surface area contributed by atoms with Crippen molar-refractivity contribution in [3.63, 3.8) is 0 Å². The Kier molecular flexibility index (Phi) is 7.02. The maximum atomic E-state index is 10.2. The van der Waals surface area contributed by atoms with Gasteiger partial charge in [-0.3, -0.25) is 0 Å². The van der Waals surface area contributed by atoms with Crippen LogP contribution in [0.3, 0.4) is 0 Å². The first kappa shape index (κ1) is 23.0. The molecule has 0 spiro atoms. The number of methoxy groups -OCH3 is 1. The lowest BCUT2D eigenvalue weighted by Gasteiger charge is -2.35. The molecule has 0 radical (unpaired) electrons. The van der Waals surface area contributed by atoms with Crippen molar-refractivity contribution < 1.29 is 19.3 Å². The highest BCUT2D eigenvalue weighted by molar-refractivity contribution is 5.43. The highest BCUT2D eigenvalue weighted by atomic mass is 16.5. The minimum atomic E-state index is -0.677. The molecular weight excluding hydrogens is 408 g/mol. The number of hydrogen-bond donors (Lipinski definition) is 1. The second-order valence-electron chi connectivity index (χ2n) is 9.64. The summed E-state index contributed by atoms with van der Waals surface area (Å²) in [5.41, 5.74) is 3.47. The number of hydrogen-bond acceptors (Lipinski definition) is 7. The van der Waals surface area contributed by atoms with Crippen LogP contribution in [0.25, 0.3) is 5.69 Å². The Balaban J connectivity index is 1.52. The molecular formula is C24H36N4O4. The summed E-state index contributed by atoms with van der Waals surface area (Å²) in [4.78, 5) is 6.77. The third kappa shape index (κ3) is 5.42. The molecule has 1 N–H and O–H groups in total. The van der Waals surface area contributed by atoms with Crippen molar-refractivity contribution >= 4 is 0 Å². The van der Waals surface area contributed by atoms with Gasteiger partial charge in [0.1, 0.15) is 0 Å². The van der Waals surface area contributed by atoms with Crippen molar-refractivity contribution in [1.82, 2.24) is 19.7 Å². The minimum Gasteiger partial charge on any atom is -0.481 e. The van der Waals surface area contributed by atoms with Crippen LogP contribution in [0.5, 0.6) is 11.8 Å². The molecule has 1 atom stereocenters. The first-order valence-electron chi connectivity index (χ1n) is 11.6. The molecule has 0 unspecified atom stereocenters. The summed E-state index contributed by atoms with van der Waals surface area (Å²) in [6.07, 6.45) is 5.64. The smallest absolute Gasteiger partial charge is 0.236 e. The molecule has 8 heteroatoms. The third-order valence-electron chi connectivity index (χ3n) is 6.16. The molecule has 0 saturated carbocycles. The zero-order valence-electron chi connectivity index (χ0n) is 19.8. The Morgan fingerprint density at radius 2 is 2.06 bits per heavy atom. The number of aliphatic hydroxyl groups is 1. The molecule has 1 saturated heterocycles. The molecule has 4 rings (SSSR count). The largest absolute Gasteiger partial charge is 0.481 e. The fourth-order valence-corrected chi connectivity index (χ4v) is 4.80. The van der Waals surface area contributed by atoms with E-state index in [9.17, 15) is 5.11 Å². The topological polar surface area (TPSA) is 81.9 Å². The fraction of sp³-hybridized carbons (Fsp3) is 0.667. The summed E-state index contributed by atoms with van der Waals surface area (Å²) >= 11 is 0. The van der Waals surface area contributed by atoms with Gasteiger partial charge >= 0.3 is 0 Å². The molecule has 0 aliphatic carbocycles. The van der Waals surface area contributed by atoms with Gasteiger partial charge < -0.3 is 24.2 Å². The first-order chi connectivity index (χ1) is 15.3. The van der Waals surface area contributed by atoms with Crippen molar-refractivity contribution in [1.29, 1.82) is 0 Å². The summed E-state index contributed by atoms with van der Waals surface area (Å²) < 4.78 is 19.3. The Bertz CT molecular complexity index is 921. The van der Waals surface area contributed by atoms with Crippen LogP contribution in [0.15, 0.2) is 12.3 Å². The second kappa shape index (κ2) is 9.77. The van der Waals surface area contributed by atoms with Crippen LogP contribution < -0.4 is 9.47 Å². The Morgan fingerprint density at radius 3 is 2.81 bits per heavy atom. The van der Waals surface area contributed by atoms with Gasteiger partial charge in [-0.2, -0.15) is 0 Å². The molecule has 4 heterocycles. The predicted molar refractivity (Wildman–Crippen MR) is 122 cm³/mol. The fourth-order valence-electron chi connectivity index (χ4n) is 4.80. The van der Waals surface area contributed by atoms with Gasteiger partial charge in [-0.25, -0.2) is 9.67 Å². The van der Waals surface area contributed by atoms with Crippen LogP contribution in [0, 0.1) is 12.8 Å². The van der Waals surface area contributed by atoms with Crippen LogP contribution >= 0.6 is 0 Å². The van der Waals surface area contributed by atoms with Gasteiger partial charge in [0.05, 0.1) is 50.1 Å². The molecule has 0 aromatic carbocycles. The number of likely N-dealkylation sites (tertiary alicyclic amines) is 1. The first-order valence-corrected chi connectivity index (χ1v) is 11.6. The second-order valence-corrected chi connectivity index (χ2v) is 9.64. The molecule has 2 aliphatic rings. The zero-order valence-corrected chi connectivity index (χ0v) is 19.8. The zero-order chi connectivity index (χ0) is 22.7. The SMILES string of the molecule is COc1ncc(-n2nc(OC[C@H]3CCCN(CC(C)(C)O)C3)c3c2CCOCC3)cc1C. The summed E-state index contributed by atoms with van der Waals surface area (Å²) in [5.74, 6) is 1.76. The molecule has 2 aromatic heterocycles. The van der Waals surface area contributed by atoms with E-state index in [4.69, 9.17) is 19.3 Å². The highest BCUT2D eigenvalue weighted by Crippen LogP contribution is 2.30. The van der Waals surface area contributed by atoms with Crippen LogP contribution in [0.4, 0.5) is 0 Å². The van der Waals surface area contributed by atoms with Gasteiger partial charge in [0.25, 0.3) is 0 Å². The van der Waals surface area contributed by atoms with Gasteiger partial charge in [-0.15, -0.1) is 5.10 Å². The summed E-state index contributed by atoms with van der Waals surface area (Å²) in [7, 11) is 1.63. The monoisotopic (exact) mass is 444 g/mol. The van der Waals surface area contributed by atoms with E-state index in [0.717, 1.165) is 61.3 Å². The van der Waals surface area contributed by atoms with Gasteiger partial charge in [-0.05, 0) is 46.2 Å². The lowest BCUT2D eigenvalue weighted by molar-refractivity contribution is 0.0164. The lowest BCUT2D eigenvalue weighted by Crippen LogP contribution is -2.45. The average molecular weight is 445 g/mol. The number of ether oxygens (including phenoxy) is 3. The quantitative estimate of drug-likeness (QED) is 0.703. The van der Waals surface area contributed by atoms with E-state index in [0.29, 0.717) is 44.0 Å². The van der Waals surface area contributed by atoms with Gasteiger partial charge in [0.15, 0.2) is 0 Å². The number of aryl methyl sites for hydroxylation is 1. The summed E-state index contributed by atoms with van der Waals surface area (Å²) in [5, 5.41) is 15.0. The number of nitrogens with zero attached hydrogens (tertiary/aromatic N) is 4. The maximum Gasteiger partial charge on any atom is 0.236 e. The van der Waals surface area contributed by atoms with Crippen molar-refractivity contribution in [2.75, 3.05) is 46.6 Å². The van der Waals surface area contributed by atoms with E-state index in [-0.39, 0.29) is 0 Å². The van der Waals surface area contributed by atoms with E-state index in [1.54, 1.807) is 13.3 Å². The number of piperidine rings is 1. The summed E-state index contributed by atoms with van der Waals surface area (Å²) in [6, 6.07) is 2.05. The van der Waals surface area contributed by atoms with Crippen LogP contribution in [-0.2, 0) is 17.6 Å². The molecule has 8 nitrogen and oxygen atoms in total. The Labute approximate surface area is 190 Å².